The largest absolute Gasteiger partial charge is 0.379 e. The summed E-state index contributed by atoms with van der Waals surface area (Å²) in [6.45, 7) is 6.80. The standard InChI is InChI=1S/C14H25NO4/c1-2-7-18-13(3-1)19-10-6-15-5-9-17-12-14(15)4-8-16-11-14/h13H,1-12H2/t13-,14-/m0/s1. The second-order valence-electron chi connectivity index (χ2n) is 5.73. The highest BCUT2D eigenvalue weighted by Gasteiger charge is 2.42. The molecule has 2 atom stereocenters. The van der Waals surface area contributed by atoms with E-state index in [9.17, 15) is 0 Å². The summed E-state index contributed by atoms with van der Waals surface area (Å²) < 4.78 is 22.7. The van der Waals surface area contributed by atoms with E-state index in [0.717, 1.165) is 65.6 Å². The van der Waals surface area contributed by atoms with Gasteiger partial charge in [0.05, 0.1) is 32.0 Å². The zero-order valence-electron chi connectivity index (χ0n) is 11.6. The summed E-state index contributed by atoms with van der Waals surface area (Å²) >= 11 is 0. The Bertz CT molecular complexity index is 275. The van der Waals surface area contributed by atoms with Gasteiger partial charge in [0.1, 0.15) is 0 Å². The molecule has 0 radical (unpaired) electrons. The Kier molecular flexibility index (Phi) is 4.71. The molecule has 0 aromatic heterocycles. The van der Waals surface area contributed by atoms with Crippen LogP contribution in [0.2, 0.25) is 0 Å². The van der Waals surface area contributed by atoms with E-state index in [1.165, 1.54) is 12.8 Å². The van der Waals surface area contributed by atoms with Crippen LogP contribution in [0.15, 0.2) is 0 Å². The number of ether oxygens (including phenoxy) is 4. The summed E-state index contributed by atoms with van der Waals surface area (Å²) in [5, 5.41) is 0. The fourth-order valence-electron chi connectivity index (χ4n) is 3.21. The van der Waals surface area contributed by atoms with Gasteiger partial charge in [-0.1, -0.05) is 0 Å². The fraction of sp³-hybridized carbons (Fsp3) is 1.00. The molecule has 0 N–H and O–H groups in total. The fourth-order valence-corrected chi connectivity index (χ4v) is 3.21. The first-order valence-corrected chi connectivity index (χ1v) is 7.53. The quantitative estimate of drug-likeness (QED) is 0.763. The van der Waals surface area contributed by atoms with Crippen LogP contribution in [-0.4, -0.2) is 69.5 Å². The average Bonchev–Trinajstić information content (AvgIpc) is 2.92. The van der Waals surface area contributed by atoms with Crippen LogP contribution in [0.25, 0.3) is 0 Å². The van der Waals surface area contributed by atoms with E-state index in [-0.39, 0.29) is 11.8 Å². The molecular formula is C14H25NO4. The summed E-state index contributed by atoms with van der Waals surface area (Å²) in [6, 6.07) is 0. The Labute approximate surface area is 115 Å². The Morgan fingerprint density at radius 3 is 2.79 bits per heavy atom. The molecule has 3 fully saturated rings. The minimum absolute atomic E-state index is 0.0190. The smallest absolute Gasteiger partial charge is 0.157 e. The molecule has 3 rings (SSSR count). The van der Waals surface area contributed by atoms with Gasteiger partial charge < -0.3 is 18.9 Å². The molecule has 5 heteroatoms. The average molecular weight is 271 g/mol. The highest BCUT2D eigenvalue weighted by Crippen LogP contribution is 2.29. The van der Waals surface area contributed by atoms with Gasteiger partial charge in [-0.15, -0.1) is 0 Å². The summed E-state index contributed by atoms with van der Waals surface area (Å²) in [5.74, 6) is 0. The zero-order chi connectivity index (χ0) is 13.0. The van der Waals surface area contributed by atoms with Crippen LogP contribution in [0, 0.1) is 0 Å². The molecule has 19 heavy (non-hydrogen) atoms. The van der Waals surface area contributed by atoms with Crippen molar-refractivity contribution in [2.75, 3.05) is 52.7 Å². The molecule has 0 aliphatic carbocycles. The predicted octanol–water partition coefficient (Wildman–Crippen LogP) is 1.02. The Morgan fingerprint density at radius 1 is 1.11 bits per heavy atom. The number of hydrogen-bond donors (Lipinski definition) is 0. The molecule has 0 unspecified atom stereocenters. The van der Waals surface area contributed by atoms with E-state index in [1.807, 2.05) is 0 Å². The Balaban J connectivity index is 1.45. The molecule has 3 aliphatic rings. The highest BCUT2D eigenvalue weighted by molar-refractivity contribution is 4.96. The lowest BCUT2D eigenvalue weighted by Crippen LogP contribution is -2.58. The maximum absolute atomic E-state index is 5.84. The van der Waals surface area contributed by atoms with Crippen molar-refractivity contribution >= 4 is 0 Å². The highest BCUT2D eigenvalue weighted by atomic mass is 16.7. The second kappa shape index (κ2) is 6.50. The SMILES string of the molecule is C1CC[C@H](OCCN2CCOC[C@@]23CCOC3)OC1. The van der Waals surface area contributed by atoms with Gasteiger partial charge in [0.2, 0.25) is 0 Å². The molecule has 5 nitrogen and oxygen atoms in total. The topological polar surface area (TPSA) is 40.2 Å². The monoisotopic (exact) mass is 271 g/mol. The van der Waals surface area contributed by atoms with Gasteiger partial charge in [-0.3, -0.25) is 4.90 Å². The Morgan fingerprint density at radius 2 is 2.00 bits per heavy atom. The third kappa shape index (κ3) is 3.28. The maximum Gasteiger partial charge on any atom is 0.157 e. The molecule has 0 bridgehead atoms. The zero-order valence-corrected chi connectivity index (χ0v) is 11.6. The lowest BCUT2D eigenvalue weighted by molar-refractivity contribution is -0.170. The van der Waals surface area contributed by atoms with Crippen molar-refractivity contribution in [3.63, 3.8) is 0 Å². The minimum Gasteiger partial charge on any atom is -0.379 e. The van der Waals surface area contributed by atoms with Crippen molar-refractivity contribution in [3.05, 3.63) is 0 Å². The molecule has 1 spiro atoms. The normalized spacial score (nSPS) is 36.9. The van der Waals surface area contributed by atoms with Gasteiger partial charge in [0, 0.05) is 26.3 Å². The van der Waals surface area contributed by atoms with Gasteiger partial charge in [0.25, 0.3) is 0 Å². The van der Waals surface area contributed by atoms with Crippen LogP contribution in [0.1, 0.15) is 25.7 Å². The second-order valence-corrected chi connectivity index (χ2v) is 5.73. The Hall–Kier alpha value is -0.200. The summed E-state index contributed by atoms with van der Waals surface area (Å²) in [5.41, 5.74) is 0.106. The molecule has 0 aromatic carbocycles. The summed E-state index contributed by atoms with van der Waals surface area (Å²) in [7, 11) is 0. The lowest BCUT2D eigenvalue weighted by atomic mass is 9.96. The maximum atomic E-state index is 5.84. The van der Waals surface area contributed by atoms with Crippen molar-refractivity contribution in [1.29, 1.82) is 0 Å². The molecular weight excluding hydrogens is 246 g/mol. The molecule has 0 saturated carbocycles. The first-order chi connectivity index (χ1) is 9.39. The third-order valence-electron chi connectivity index (χ3n) is 4.43. The van der Waals surface area contributed by atoms with Crippen molar-refractivity contribution in [1.82, 2.24) is 4.90 Å². The number of nitrogens with zero attached hydrogens (tertiary/aromatic N) is 1. The van der Waals surface area contributed by atoms with E-state index in [1.54, 1.807) is 0 Å². The van der Waals surface area contributed by atoms with Crippen LogP contribution < -0.4 is 0 Å². The van der Waals surface area contributed by atoms with Crippen molar-refractivity contribution in [2.45, 2.75) is 37.5 Å². The number of hydrogen-bond acceptors (Lipinski definition) is 5. The van der Waals surface area contributed by atoms with Gasteiger partial charge in [-0.2, -0.15) is 0 Å². The van der Waals surface area contributed by atoms with E-state index in [2.05, 4.69) is 4.90 Å². The van der Waals surface area contributed by atoms with Crippen LogP contribution in [0.4, 0.5) is 0 Å². The van der Waals surface area contributed by atoms with Crippen molar-refractivity contribution < 1.29 is 18.9 Å². The molecule has 3 saturated heterocycles. The van der Waals surface area contributed by atoms with Crippen molar-refractivity contribution in [3.8, 4) is 0 Å². The predicted molar refractivity (Wildman–Crippen MR) is 70.1 cm³/mol. The van der Waals surface area contributed by atoms with Gasteiger partial charge in [0.15, 0.2) is 6.29 Å². The first kappa shape index (κ1) is 13.8. The van der Waals surface area contributed by atoms with Gasteiger partial charge in [-0.05, 0) is 25.7 Å². The molecule has 3 aliphatic heterocycles. The van der Waals surface area contributed by atoms with Gasteiger partial charge in [-0.25, -0.2) is 0 Å². The van der Waals surface area contributed by atoms with Crippen LogP contribution in [0.3, 0.4) is 0 Å². The molecule has 110 valence electrons. The van der Waals surface area contributed by atoms with E-state index in [0.29, 0.717) is 0 Å². The third-order valence-corrected chi connectivity index (χ3v) is 4.43. The number of rotatable bonds is 4. The van der Waals surface area contributed by atoms with E-state index in [4.69, 9.17) is 18.9 Å². The van der Waals surface area contributed by atoms with Crippen LogP contribution in [0.5, 0.6) is 0 Å². The van der Waals surface area contributed by atoms with Crippen molar-refractivity contribution in [2.24, 2.45) is 0 Å². The number of morpholine rings is 1. The van der Waals surface area contributed by atoms with Gasteiger partial charge >= 0.3 is 0 Å². The minimum atomic E-state index is 0.0190. The summed E-state index contributed by atoms with van der Waals surface area (Å²) in [6.07, 6.45) is 4.53. The first-order valence-electron chi connectivity index (χ1n) is 7.53. The van der Waals surface area contributed by atoms with Crippen LogP contribution >= 0.6 is 0 Å². The molecule has 0 aromatic rings. The van der Waals surface area contributed by atoms with Crippen LogP contribution in [-0.2, 0) is 18.9 Å². The van der Waals surface area contributed by atoms with E-state index < -0.39 is 0 Å². The molecule has 0 amide bonds. The van der Waals surface area contributed by atoms with E-state index >= 15 is 0 Å². The lowest BCUT2D eigenvalue weighted by Gasteiger charge is -2.43. The summed E-state index contributed by atoms with van der Waals surface area (Å²) in [4.78, 5) is 2.49. The molecule has 3 heterocycles.